The van der Waals surface area contributed by atoms with E-state index >= 15 is 0 Å². The van der Waals surface area contributed by atoms with E-state index in [1.165, 1.54) is 0 Å². The molecule has 1 saturated carbocycles. The molecule has 3 aromatic rings. The average molecular weight is 581 g/mol. The highest BCUT2D eigenvalue weighted by molar-refractivity contribution is 6.33. The normalized spacial score (nSPS) is 21.1. The molecule has 1 saturated heterocycles. The summed E-state index contributed by atoms with van der Waals surface area (Å²) in [5.41, 5.74) is 1.14. The summed E-state index contributed by atoms with van der Waals surface area (Å²) in [4.78, 5) is 9.33. The number of nitrogens with zero attached hydrogens (tertiary/aromatic N) is 6. The predicted octanol–water partition coefficient (Wildman–Crippen LogP) is 3.96. The van der Waals surface area contributed by atoms with Gasteiger partial charge < -0.3 is 25.4 Å². The number of pyridine rings is 2. The molecule has 5 rings (SSSR count). The maximum atomic E-state index is 9.76. The summed E-state index contributed by atoms with van der Waals surface area (Å²) in [6.07, 6.45) is 7.33. The van der Waals surface area contributed by atoms with E-state index < -0.39 is 5.41 Å². The minimum absolute atomic E-state index is 0.233. The van der Waals surface area contributed by atoms with Crippen LogP contribution in [-0.2, 0) is 16.1 Å². The SMILES string of the molecule is C[C@@H](COCc1nn[nH]n1)N[C@H]1CC[C@H](Nc2cc(-c3cccc(NCC4(C#N)CCOCC4)n3)c(Cl)cn2)CC1. The third-order valence-corrected chi connectivity index (χ3v) is 8.06. The molecule has 12 nitrogen and oxygen atoms in total. The van der Waals surface area contributed by atoms with E-state index in [4.69, 9.17) is 26.1 Å². The second kappa shape index (κ2) is 14.0. The van der Waals surface area contributed by atoms with E-state index in [-0.39, 0.29) is 6.04 Å². The van der Waals surface area contributed by atoms with Crippen LogP contribution in [0.4, 0.5) is 11.6 Å². The summed E-state index contributed by atoms with van der Waals surface area (Å²) in [5, 5.41) is 34.7. The van der Waals surface area contributed by atoms with Gasteiger partial charge in [0, 0.05) is 49.6 Å². The molecular weight excluding hydrogens is 544 g/mol. The number of ether oxygens (including phenoxy) is 2. The second-order valence-electron chi connectivity index (χ2n) is 10.9. The van der Waals surface area contributed by atoms with Crippen LogP contribution >= 0.6 is 11.6 Å². The van der Waals surface area contributed by atoms with Crippen LogP contribution in [0.2, 0.25) is 5.02 Å². The maximum absolute atomic E-state index is 9.76. The number of aromatic nitrogens is 6. The Labute approximate surface area is 245 Å². The van der Waals surface area contributed by atoms with Crippen molar-refractivity contribution in [3.05, 3.63) is 41.3 Å². The molecule has 0 radical (unpaired) electrons. The largest absolute Gasteiger partial charge is 0.381 e. The van der Waals surface area contributed by atoms with Crippen LogP contribution in [0.25, 0.3) is 11.3 Å². The lowest BCUT2D eigenvalue weighted by Gasteiger charge is -2.32. The number of anilines is 2. The van der Waals surface area contributed by atoms with Crippen LogP contribution in [0, 0.1) is 16.7 Å². The fraction of sp³-hybridized carbons (Fsp3) is 0.571. The van der Waals surface area contributed by atoms with Crippen molar-refractivity contribution < 1.29 is 9.47 Å². The van der Waals surface area contributed by atoms with Gasteiger partial charge in [0.1, 0.15) is 18.2 Å². The zero-order valence-corrected chi connectivity index (χ0v) is 24.0. The molecule has 0 bridgehead atoms. The number of hydrogen-bond donors (Lipinski definition) is 4. The van der Waals surface area contributed by atoms with Crippen molar-refractivity contribution in [2.45, 2.75) is 70.2 Å². The number of aromatic amines is 1. The molecule has 3 aromatic heterocycles. The monoisotopic (exact) mass is 580 g/mol. The average Bonchev–Trinajstić information content (AvgIpc) is 3.52. The molecule has 4 heterocycles. The van der Waals surface area contributed by atoms with Crippen LogP contribution < -0.4 is 16.0 Å². The van der Waals surface area contributed by atoms with Gasteiger partial charge in [0.2, 0.25) is 0 Å². The molecule has 1 atom stereocenters. The van der Waals surface area contributed by atoms with Crippen LogP contribution in [0.3, 0.4) is 0 Å². The van der Waals surface area contributed by atoms with Gasteiger partial charge in [0.25, 0.3) is 0 Å². The first kappa shape index (κ1) is 29.1. The summed E-state index contributed by atoms with van der Waals surface area (Å²) >= 11 is 6.56. The summed E-state index contributed by atoms with van der Waals surface area (Å²) in [5.74, 6) is 2.06. The van der Waals surface area contributed by atoms with E-state index in [9.17, 15) is 5.26 Å². The van der Waals surface area contributed by atoms with Gasteiger partial charge in [-0.05, 0) is 63.6 Å². The van der Waals surface area contributed by atoms with Gasteiger partial charge in [-0.2, -0.15) is 10.5 Å². The Balaban J connectivity index is 1.11. The highest BCUT2D eigenvalue weighted by Crippen LogP contribution is 2.32. The highest BCUT2D eigenvalue weighted by Gasteiger charge is 2.32. The van der Waals surface area contributed by atoms with Crippen molar-refractivity contribution in [2.24, 2.45) is 5.41 Å². The molecule has 1 aliphatic heterocycles. The van der Waals surface area contributed by atoms with Gasteiger partial charge in [0.05, 0.1) is 28.8 Å². The third-order valence-electron chi connectivity index (χ3n) is 7.76. The summed E-state index contributed by atoms with van der Waals surface area (Å²) in [7, 11) is 0. The molecule has 1 aliphatic carbocycles. The highest BCUT2D eigenvalue weighted by atomic mass is 35.5. The topological polar surface area (TPSA) is 159 Å². The van der Waals surface area contributed by atoms with Crippen molar-refractivity contribution in [2.75, 3.05) is 37.0 Å². The van der Waals surface area contributed by atoms with Gasteiger partial charge in [-0.1, -0.05) is 22.9 Å². The van der Waals surface area contributed by atoms with Gasteiger partial charge in [-0.25, -0.2) is 9.97 Å². The smallest absolute Gasteiger partial charge is 0.200 e. The molecule has 2 fully saturated rings. The molecule has 0 unspecified atom stereocenters. The van der Waals surface area contributed by atoms with Crippen LogP contribution in [0.5, 0.6) is 0 Å². The van der Waals surface area contributed by atoms with E-state index in [0.717, 1.165) is 55.6 Å². The van der Waals surface area contributed by atoms with E-state index in [1.54, 1.807) is 6.20 Å². The van der Waals surface area contributed by atoms with E-state index in [0.29, 0.717) is 61.7 Å². The zero-order valence-electron chi connectivity index (χ0n) is 23.3. The molecule has 0 spiro atoms. The maximum Gasteiger partial charge on any atom is 0.200 e. The Morgan fingerprint density at radius 2 is 2.00 bits per heavy atom. The minimum Gasteiger partial charge on any atom is -0.381 e. The molecule has 0 aromatic carbocycles. The molecule has 41 heavy (non-hydrogen) atoms. The van der Waals surface area contributed by atoms with Crippen molar-refractivity contribution in [1.82, 2.24) is 35.9 Å². The second-order valence-corrected chi connectivity index (χ2v) is 11.3. The lowest BCUT2D eigenvalue weighted by molar-refractivity contribution is 0.0455. The fourth-order valence-electron chi connectivity index (χ4n) is 5.38. The fourth-order valence-corrected chi connectivity index (χ4v) is 5.58. The number of halogens is 1. The lowest BCUT2D eigenvalue weighted by atomic mass is 9.82. The molecule has 0 amide bonds. The van der Waals surface area contributed by atoms with Gasteiger partial charge >= 0.3 is 0 Å². The van der Waals surface area contributed by atoms with Gasteiger partial charge in [-0.3, -0.25) is 0 Å². The number of H-pyrrole nitrogens is 1. The first-order valence-electron chi connectivity index (χ1n) is 14.2. The minimum atomic E-state index is -0.433. The Kier molecular flexibility index (Phi) is 9.95. The Hall–Kier alpha value is -3.37. The van der Waals surface area contributed by atoms with Crippen LogP contribution in [0.1, 0.15) is 51.3 Å². The molecule has 2 aliphatic rings. The predicted molar refractivity (Wildman–Crippen MR) is 155 cm³/mol. The summed E-state index contributed by atoms with van der Waals surface area (Å²) < 4.78 is 11.1. The summed E-state index contributed by atoms with van der Waals surface area (Å²) in [6.45, 7) is 4.82. The summed E-state index contributed by atoms with van der Waals surface area (Å²) in [6, 6.07) is 11.3. The standard InChI is InChI=1S/C28H37ClN10O2/c1-19(15-41-16-27-36-38-39-37-27)33-20-5-7-21(8-6-20)34-26-13-22(23(29)14-31-26)24-3-2-4-25(35-24)32-18-28(17-30)9-11-40-12-10-28/h2-4,13-14,19-21,33H,5-12,15-16,18H2,1H3,(H,31,34)(H,32,35)(H,36,37,38,39)/t19-,20-,21-/m0/s1. The van der Waals surface area contributed by atoms with Crippen molar-refractivity contribution in [3.63, 3.8) is 0 Å². The van der Waals surface area contributed by atoms with E-state index in [1.807, 2.05) is 24.3 Å². The quantitative estimate of drug-likeness (QED) is 0.245. The Morgan fingerprint density at radius 3 is 2.76 bits per heavy atom. The molecule has 4 N–H and O–H groups in total. The zero-order chi connectivity index (χ0) is 28.5. The number of nitriles is 1. The lowest BCUT2D eigenvalue weighted by Crippen LogP contribution is -2.43. The van der Waals surface area contributed by atoms with Crippen LogP contribution in [-0.4, -0.2) is 75.1 Å². The molecular formula is C28H37ClN10O2. The Morgan fingerprint density at radius 1 is 1.20 bits per heavy atom. The number of hydrogen-bond acceptors (Lipinski definition) is 11. The third kappa shape index (κ3) is 8.10. The number of tetrazole rings is 1. The molecule has 13 heteroatoms. The van der Waals surface area contributed by atoms with Crippen molar-refractivity contribution in [3.8, 4) is 17.3 Å². The first-order chi connectivity index (χ1) is 20.0. The Bertz CT molecular complexity index is 1290. The van der Waals surface area contributed by atoms with Gasteiger partial charge in [0.15, 0.2) is 5.82 Å². The number of nitrogens with one attached hydrogen (secondary N) is 4. The van der Waals surface area contributed by atoms with Crippen molar-refractivity contribution >= 4 is 23.2 Å². The van der Waals surface area contributed by atoms with Gasteiger partial charge in [-0.15, -0.1) is 10.2 Å². The van der Waals surface area contributed by atoms with Crippen molar-refractivity contribution in [1.29, 1.82) is 5.26 Å². The van der Waals surface area contributed by atoms with Crippen LogP contribution in [0.15, 0.2) is 30.5 Å². The van der Waals surface area contributed by atoms with E-state index in [2.05, 4.69) is 54.6 Å². The molecule has 218 valence electrons. The first-order valence-corrected chi connectivity index (χ1v) is 14.6. The number of rotatable bonds is 12.